The van der Waals surface area contributed by atoms with Gasteiger partial charge in [0.2, 0.25) is 0 Å². The van der Waals surface area contributed by atoms with Crippen molar-refractivity contribution in [2.45, 2.75) is 18.7 Å². The molecule has 0 fully saturated rings. The van der Waals surface area contributed by atoms with E-state index in [1.165, 1.54) is 31.4 Å². The first-order chi connectivity index (χ1) is 10.8. The van der Waals surface area contributed by atoms with Crippen molar-refractivity contribution in [2.24, 2.45) is 0 Å². The third kappa shape index (κ3) is 3.50. The van der Waals surface area contributed by atoms with Gasteiger partial charge in [-0.15, -0.1) is 0 Å². The van der Waals surface area contributed by atoms with Crippen LogP contribution < -0.4 is 9.04 Å². The number of hydrogen-bond acceptors (Lipinski definition) is 3. The fraction of sp³-hybridized carbons (Fsp3) is 0.250. The van der Waals surface area contributed by atoms with Crippen molar-refractivity contribution in [3.63, 3.8) is 0 Å². The lowest BCUT2D eigenvalue weighted by Crippen LogP contribution is -2.31. The zero-order chi connectivity index (χ0) is 17.2. The molecule has 2 aromatic carbocycles. The van der Waals surface area contributed by atoms with Gasteiger partial charge < -0.3 is 4.74 Å². The van der Waals surface area contributed by atoms with Crippen molar-refractivity contribution in [3.8, 4) is 5.75 Å². The molecule has 0 saturated heterocycles. The largest absolute Gasteiger partial charge is 0.496 e. The van der Waals surface area contributed by atoms with E-state index in [0.717, 1.165) is 4.31 Å². The Kier molecular flexibility index (Phi) is 5.31. The van der Waals surface area contributed by atoms with Crippen LogP contribution in [0.2, 0.25) is 0 Å². The Morgan fingerprint density at radius 3 is 2.43 bits per heavy atom. The Balaban J connectivity index is 2.53. The van der Waals surface area contributed by atoms with Gasteiger partial charge in [-0.05, 0) is 55.8 Å². The van der Waals surface area contributed by atoms with Gasteiger partial charge in [-0.1, -0.05) is 15.9 Å². The third-order valence-electron chi connectivity index (χ3n) is 3.42. The highest BCUT2D eigenvalue weighted by atomic mass is 79.9. The number of ether oxygens (including phenoxy) is 1. The Morgan fingerprint density at radius 1 is 1.22 bits per heavy atom. The predicted octanol–water partition coefficient (Wildman–Crippen LogP) is 4.12. The number of methoxy groups -OCH3 is 1. The molecule has 0 aliphatic heterocycles. The van der Waals surface area contributed by atoms with Gasteiger partial charge in [-0.25, -0.2) is 12.8 Å². The van der Waals surface area contributed by atoms with Crippen LogP contribution in [0.25, 0.3) is 0 Å². The van der Waals surface area contributed by atoms with E-state index in [0.29, 0.717) is 15.8 Å². The average molecular weight is 402 g/mol. The zero-order valence-corrected chi connectivity index (χ0v) is 15.4. The smallest absolute Gasteiger partial charge is 0.264 e. The van der Waals surface area contributed by atoms with E-state index in [4.69, 9.17) is 4.74 Å². The van der Waals surface area contributed by atoms with Crippen molar-refractivity contribution in [1.29, 1.82) is 0 Å². The molecule has 0 spiro atoms. The van der Waals surface area contributed by atoms with Crippen molar-refractivity contribution in [1.82, 2.24) is 0 Å². The first-order valence-corrected chi connectivity index (χ1v) is 9.17. The molecule has 7 heteroatoms. The van der Waals surface area contributed by atoms with Crippen molar-refractivity contribution < 1.29 is 17.5 Å². The maximum absolute atomic E-state index is 14.2. The summed E-state index contributed by atoms with van der Waals surface area (Å²) in [4.78, 5) is 0.0972. The van der Waals surface area contributed by atoms with Crippen LogP contribution in [0.5, 0.6) is 5.75 Å². The number of benzene rings is 2. The maximum Gasteiger partial charge on any atom is 0.264 e. The second-order valence-corrected chi connectivity index (χ2v) is 7.67. The van der Waals surface area contributed by atoms with E-state index in [-0.39, 0.29) is 17.1 Å². The second kappa shape index (κ2) is 6.88. The summed E-state index contributed by atoms with van der Waals surface area (Å²) in [7, 11) is -2.34. The predicted molar refractivity (Wildman–Crippen MR) is 92.0 cm³/mol. The van der Waals surface area contributed by atoms with Crippen LogP contribution in [-0.2, 0) is 10.0 Å². The van der Waals surface area contributed by atoms with E-state index in [1.54, 1.807) is 26.0 Å². The molecular weight excluding hydrogens is 385 g/mol. The standard InChI is InChI=1S/C16H17BrFNO3S/c1-4-19(15-7-5-12(17)10-14(15)18)23(20,21)13-6-8-16(22-3)11(2)9-13/h5-10H,4H2,1-3H3. The average Bonchev–Trinajstić information content (AvgIpc) is 2.49. The summed E-state index contributed by atoms with van der Waals surface area (Å²) in [6.07, 6.45) is 0. The SMILES string of the molecule is CCN(c1ccc(Br)cc1F)S(=O)(=O)c1ccc(OC)c(C)c1. The first-order valence-electron chi connectivity index (χ1n) is 6.93. The van der Waals surface area contributed by atoms with Crippen LogP contribution in [0.4, 0.5) is 10.1 Å². The molecular formula is C16H17BrFNO3S. The highest BCUT2D eigenvalue weighted by Gasteiger charge is 2.26. The Hall–Kier alpha value is -1.60. The van der Waals surface area contributed by atoms with Crippen molar-refractivity contribution in [2.75, 3.05) is 18.0 Å². The first kappa shape index (κ1) is 17.7. The summed E-state index contributed by atoms with van der Waals surface area (Å²) in [6.45, 7) is 3.54. The van der Waals surface area contributed by atoms with Gasteiger partial charge in [0.15, 0.2) is 0 Å². The van der Waals surface area contributed by atoms with Gasteiger partial charge >= 0.3 is 0 Å². The summed E-state index contributed by atoms with van der Waals surface area (Å²) in [5.41, 5.74) is 0.713. The normalized spacial score (nSPS) is 11.3. The van der Waals surface area contributed by atoms with E-state index < -0.39 is 15.8 Å². The highest BCUT2D eigenvalue weighted by molar-refractivity contribution is 9.10. The minimum atomic E-state index is -3.86. The van der Waals surface area contributed by atoms with E-state index in [1.807, 2.05) is 0 Å². The van der Waals surface area contributed by atoms with Crippen LogP contribution in [0, 0.1) is 12.7 Å². The van der Waals surface area contributed by atoms with Gasteiger partial charge in [-0.2, -0.15) is 0 Å². The molecule has 2 aromatic rings. The number of nitrogens with zero attached hydrogens (tertiary/aromatic N) is 1. The Bertz CT molecular complexity index is 824. The minimum absolute atomic E-state index is 0.0178. The molecule has 124 valence electrons. The Labute approximate surface area is 144 Å². The molecule has 0 N–H and O–H groups in total. The molecule has 0 heterocycles. The number of halogens is 2. The fourth-order valence-corrected chi connectivity index (χ4v) is 4.19. The molecule has 0 radical (unpaired) electrons. The van der Waals surface area contributed by atoms with Crippen LogP contribution >= 0.6 is 15.9 Å². The van der Waals surface area contributed by atoms with Gasteiger partial charge in [0.25, 0.3) is 10.0 Å². The molecule has 0 unspecified atom stereocenters. The van der Waals surface area contributed by atoms with Crippen molar-refractivity contribution in [3.05, 3.63) is 52.3 Å². The molecule has 0 aliphatic carbocycles. The molecule has 0 atom stereocenters. The van der Waals surface area contributed by atoms with Crippen LogP contribution in [0.15, 0.2) is 45.8 Å². The topological polar surface area (TPSA) is 46.6 Å². The molecule has 0 amide bonds. The van der Waals surface area contributed by atoms with Crippen LogP contribution in [-0.4, -0.2) is 22.1 Å². The molecule has 0 aromatic heterocycles. The number of hydrogen-bond donors (Lipinski definition) is 0. The van der Waals surface area contributed by atoms with Gasteiger partial charge in [0.05, 0.1) is 17.7 Å². The summed E-state index contributed by atoms with van der Waals surface area (Å²) in [6, 6.07) is 8.86. The zero-order valence-electron chi connectivity index (χ0n) is 13.0. The molecule has 0 saturated carbocycles. The molecule has 23 heavy (non-hydrogen) atoms. The van der Waals surface area contributed by atoms with E-state index in [2.05, 4.69) is 15.9 Å². The summed E-state index contributed by atoms with van der Waals surface area (Å²) in [5.74, 6) is -0.00291. The van der Waals surface area contributed by atoms with Crippen LogP contribution in [0.1, 0.15) is 12.5 Å². The minimum Gasteiger partial charge on any atom is -0.496 e. The molecule has 0 aliphatic rings. The second-order valence-electron chi connectivity index (χ2n) is 4.90. The summed E-state index contributed by atoms with van der Waals surface area (Å²) >= 11 is 3.17. The monoisotopic (exact) mass is 401 g/mol. The van der Waals surface area contributed by atoms with E-state index in [9.17, 15) is 12.8 Å². The third-order valence-corrected chi connectivity index (χ3v) is 5.80. The lowest BCUT2D eigenvalue weighted by molar-refractivity contribution is 0.411. The Morgan fingerprint density at radius 2 is 1.91 bits per heavy atom. The number of sulfonamides is 1. The number of rotatable bonds is 5. The fourth-order valence-electron chi connectivity index (χ4n) is 2.29. The van der Waals surface area contributed by atoms with Gasteiger partial charge in [0.1, 0.15) is 11.6 Å². The van der Waals surface area contributed by atoms with Gasteiger partial charge in [0, 0.05) is 11.0 Å². The highest BCUT2D eigenvalue weighted by Crippen LogP contribution is 2.30. The number of anilines is 1. The molecule has 2 rings (SSSR count). The summed E-state index contributed by atoms with van der Waals surface area (Å²) < 4.78 is 46.6. The molecule has 4 nitrogen and oxygen atoms in total. The van der Waals surface area contributed by atoms with Crippen LogP contribution in [0.3, 0.4) is 0 Å². The lowest BCUT2D eigenvalue weighted by atomic mass is 10.2. The van der Waals surface area contributed by atoms with Gasteiger partial charge in [-0.3, -0.25) is 4.31 Å². The quantitative estimate of drug-likeness (QED) is 0.756. The number of aryl methyl sites for hydroxylation is 1. The maximum atomic E-state index is 14.2. The van der Waals surface area contributed by atoms with E-state index >= 15 is 0 Å². The summed E-state index contributed by atoms with van der Waals surface area (Å²) in [5, 5.41) is 0. The molecule has 0 bridgehead atoms. The lowest BCUT2D eigenvalue weighted by Gasteiger charge is -2.24. The van der Waals surface area contributed by atoms with Crippen molar-refractivity contribution >= 4 is 31.6 Å².